The van der Waals surface area contributed by atoms with Gasteiger partial charge in [0.25, 0.3) is 5.91 Å². The number of aromatic amines is 1. The highest BCUT2D eigenvalue weighted by molar-refractivity contribution is 5.85. The Morgan fingerprint density at radius 3 is 2.81 bits per heavy atom. The monoisotopic (exact) mass is 370 g/mol. The van der Waals surface area contributed by atoms with E-state index in [1.54, 1.807) is 0 Å². The summed E-state index contributed by atoms with van der Waals surface area (Å²) in [5, 5.41) is 1.33. The Bertz CT molecular complexity index is 786. The first kappa shape index (κ1) is 18.5. The van der Waals surface area contributed by atoms with E-state index in [1.807, 2.05) is 11.8 Å². The molecule has 0 radical (unpaired) electrons. The Balaban J connectivity index is 1.34. The summed E-state index contributed by atoms with van der Waals surface area (Å²) in [7, 11) is 0. The predicted octanol–water partition coefficient (Wildman–Crippen LogP) is 3.77. The number of benzene rings is 1. The maximum absolute atomic E-state index is 12.7. The quantitative estimate of drug-likeness (QED) is 0.872. The van der Waals surface area contributed by atoms with Crippen LogP contribution in [0.4, 0.5) is 0 Å². The number of para-hydroxylation sites is 1. The Hall–Kier alpha value is -1.85. The van der Waals surface area contributed by atoms with Crippen LogP contribution in [0.25, 0.3) is 10.9 Å². The minimum Gasteiger partial charge on any atom is -0.376 e. The fourth-order valence-electron chi connectivity index (χ4n) is 4.57. The van der Waals surface area contributed by atoms with Crippen LogP contribution in [-0.4, -0.2) is 54.3 Å². The van der Waals surface area contributed by atoms with Gasteiger partial charge in [0.15, 0.2) is 0 Å². The molecule has 0 spiro atoms. The summed E-state index contributed by atoms with van der Waals surface area (Å²) in [5.74, 6) is 0.621. The van der Waals surface area contributed by atoms with Crippen molar-refractivity contribution in [1.82, 2.24) is 9.88 Å². The second-order valence-electron chi connectivity index (χ2n) is 7.92. The normalized spacial score (nSPS) is 22.4. The van der Waals surface area contributed by atoms with Gasteiger partial charge in [0.1, 0.15) is 6.10 Å². The van der Waals surface area contributed by atoms with Crippen LogP contribution in [-0.2, 0) is 14.3 Å². The van der Waals surface area contributed by atoms with Crippen molar-refractivity contribution in [2.24, 2.45) is 0 Å². The van der Waals surface area contributed by atoms with Gasteiger partial charge in [-0.25, -0.2) is 0 Å². The number of amides is 1. The van der Waals surface area contributed by atoms with Crippen molar-refractivity contribution in [2.75, 3.05) is 26.3 Å². The van der Waals surface area contributed by atoms with Gasteiger partial charge in [0, 0.05) is 36.3 Å². The molecule has 2 fully saturated rings. The fraction of sp³-hybridized carbons (Fsp3) is 0.591. The molecule has 0 unspecified atom stereocenters. The zero-order valence-corrected chi connectivity index (χ0v) is 16.4. The average molecular weight is 370 g/mol. The number of hydrogen-bond donors (Lipinski definition) is 1. The molecule has 1 aromatic carbocycles. The maximum Gasteiger partial charge on any atom is 0.251 e. The van der Waals surface area contributed by atoms with Crippen LogP contribution in [0.5, 0.6) is 0 Å². The number of carbonyl (C=O) groups is 1. The lowest BCUT2D eigenvalue weighted by molar-refractivity contribution is -0.145. The van der Waals surface area contributed by atoms with Crippen molar-refractivity contribution in [3.05, 3.63) is 35.5 Å². The van der Waals surface area contributed by atoms with Gasteiger partial charge in [-0.05, 0) is 57.1 Å². The van der Waals surface area contributed by atoms with Gasteiger partial charge in [-0.2, -0.15) is 0 Å². The molecule has 3 heterocycles. The van der Waals surface area contributed by atoms with E-state index in [4.69, 9.17) is 9.47 Å². The van der Waals surface area contributed by atoms with Crippen LogP contribution in [0.1, 0.15) is 49.8 Å². The lowest BCUT2D eigenvalue weighted by atomic mass is 9.87. The molecule has 2 aromatic rings. The maximum atomic E-state index is 12.7. The molecule has 2 aliphatic rings. The molecule has 2 aliphatic heterocycles. The smallest absolute Gasteiger partial charge is 0.251 e. The summed E-state index contributed by atoms with van der Waals surface area (Å²) in [6, 6.07) is 8.51. The second kappa shape index (κ2) is 8.03. The first-order valence-electron chi connectivity index (χ1n) is 10.2. The number of ether oxygens (including phenoxy) is 2. The number of H-pyrrole nitrogens is 1. The molecule has 2 atom stereocenters. The molecular weight excluding hydrogens is 340 g/mol. The lowest BCUT2D eigenvalue weighted by Gasteiger charge is -2.34. The summed E-state index contributed by atoms with van der Waals surface area (Å²) in [6.07, 6.45) is 3.92. The molecule has 27 heavy (non-hydrogen) atoms. The largest absolute Gasteiger partial charge is 0.376 e. The topological polar surface area (TPSA) is 54.6 Å². The van der Waals surface area contributed by atoms with Gasteiger partial charge in [-0.3, -0.25) is 4.79 Å². The van der Waals surface area contributed by atoms with Gasteiger partial charge in [0.05, 0.1) is 12.7 Å². The Labute approximate surface area is 161 Å². The van der Waals surface area contributed by atoms with Gasteiger partial charge < -0.3 is 19.4 Å². The van der Waals surface area contributed by atoms with E-state index in [2.05, 4.69) is 36.2 Å². The van der Waals surface area contributed by atoms with Crippen LogP contribution < -0.4 is 0 Å². The number of piperidine rings is 1. The van der Waals surface area contributed by atoms with E-state index >= 15 is 0 Å². The fourth-order valence-corrected chi connectivity index (χ4v) is 4.57. The lowest BCUT2D eigenvalue weighted by Crippen LogP contribution is -2.44. The van der Waals surface area contributed by atoms with Gasteiger partial charge >= 0.3 is 0 Å². The van der Waals surface area contributed by atoms with Crippen molar-refractivity contribution in [1.29, 1.82) is 0 Å². The summed E-state index contributed by atoms with van der Waals surface area (Å²) in [6.45, 7) is 6.97. The zero-order chi connectivity index (χ0) is 18.8. The Morgan fingerprint density at radius 2 is 2.07 bits per heavy atom. The van der Waals surface area contributed by atoms with E-state index in [0.717, 1.165) is 45.4 Å². The highest BCUT2D eigenvalue weighted by atomic mass is 16.5. The molecule has 5 heteroatoms. The van der Waals surface area contributed by atoms with E-state index in [9.17, 15) is 4.79 Å². The molecule has 2 saturated heterocycles. The molecule has 1 amide bonds. The van der Waals surface area contributed by atoms with Crippen LogP contribution >= 0.6 is 0 Å². The van der Waals surface area contributed by atoms with E-state index < -0.39 is 0 Å². The third-order valence-electron chi connectivity index (χ3n) is 6.06. The van der Waals surface area contributed by atoms with Gasteiger partial charge in [0.2, 0.25) is 0 Å². The number of hydrogen-bond acceptors (Lipinski definition) is 3. The summed E-state index contributed by atoms with van der Waals surface area (Å²) in [4.78, 5) is 18.2. The molecule has 1 aromatic heterocycles. The number of carbonyl (C=O) groups excluding carboxylic acids is 1. The molecule has 0 bridgehead atoms. The van der Waals surface area contributed by atoms with Crippen LogP contribution in [0.3, 0.4) is 0 Å². The summed E-state index contributed by atoms with van der Waals surface area (Å²) >= 11 is 0. The van der Waals surface area contributed by atoms with Crippen molar-refractivity contribution < 1.29 is 14.3 Å². The van der Waals surface area contributed by atoms with Gasteiger partial charge in [-0.15, -0.1) is 0 Å². The Kier molecular flexibility index (Phi) is 5.50. The number of aryl methyl sites for hydroxylation is 1. The highest BCUT2D eigenvalue weighted by Crippen LogP contribution is 2.35. The number of rotatable bonds is 5. The van der Waals surface area contributed by atoms with Crippen molar-refractivity contribution in [2.45, 2.75) is 57.7 Å². The number of likely N-dealkylation sites (tertiary alicyclic amines) is 1. The van der Waals surface area contributed by atoms with Gasteiger partial charge in [-0.1, -0.05) is 18.2 Å². The molecule has 0 aliphatic carbocycles. The summed E-state index contributed by atoms with van der Waals surface area (Å²) in [5.41, 5.74) is 3.90. The minimum atomic E-state index is -0.388. The first-order chi connectivity index (χ1) is 13.1. The number of nitrogens with one attached hydrogen (secondary N) is 1. The average Bonchev–Trinajstić information content (AvgIpc) is 3.32. The van der Waals surface area contributed by atoms with Crippen LogP contribution in [0.2, 0.25) is 0 Å². The van der Waals surface area contributed by atoms with Crippen molar-refractivity contribution in [3.8, 4) is 0 Å². The van der Waals surface area contributed by atoms with Crippen molar-refractivity contribution in [3.63, 3.8) is 0 Å². The third kappa shape index (κ3) is 3.90. The van der Waals surface area contributed by atoms with E-state index in [0.29, 0.717) is 12.5 Å². The predicted molar refractivity (Wildman–Crippen MR) is 106 cm³/mol. The van der Waals surface area contributed by atoms with Crippen LogP contribution in [0, 0.1) is 6.92 Å². The second-order valence-corrected chi connectivity index (χ2v) is 7.92. The van der Waals surface area contributed by atoms with E-state index in [-0.39, 0.29) is 18.1 Å². The molecule has 146 valence electrons. The zero-order valence-electron chi connectivity index (χ0n) is 16.4. The molecule has 4 rings (SSSR count). The standard InChI is InChI=1S/C22H30N2O3/c1-15-21(19-7-3-4-8-20(19)23-15)17-9-11-24(12-10-17)22(25)16(2)27-14-18-6-5-13-26-18/h3-4,7-8,16-18,23H,5-6,9-14H2,1-2H3/t16-,18-/m0/s1. The SMILES string of the molecule is Cc1[nH]c2ccccc2c1C1CCN(C(=O)[C@H](C)OC[C@@H]2CCCO2)CC1. The van der Waals surface area contributed by atoms with Crippen molar-refractivity contribution >= 4 is 16.8 Å². The van der Waals surface area contributed by atoms with Crippen LogP contribution in [0.15, 0.2) is 24.3 Å². The molecule has 1 N–H and O–H groups in total. The molecule has 5 nitrogen and oxygen atoms in total. The Morgan fingerprint density at radius 1 is 1.30 bits per heavy atom. The van der Waals surface area contributed by atoms with E-state index in [1.165, 1.54) is 22.2 Å². The number of nitrogens with zero attached hydrogens (tertiary/aromatic N) is 1. The molecule has 0 saturated carbocycles. The third-order valence-corrected chi connectivity index (χ3v) is 6.06. The minimum absolute atomic E-state index is 0.113. The first-order valence-corrected chi connectivity index (χ1v) is 10.2. The number of fused-ring (bicyclic) bond motifs is 1. The highest BCUT2D eigenvalue weighted by Gasteiger charge is 2.29. The number of aromatic nitrogens is 1. The molecular formula is C22H30N2O3. The summed E-state index contributed by atoms with van der Waals surface area (Å²) < 4.78 is 11.4.